The molecule has 2 aliphatic rings. The maximum atomic E-state index is 12.6. The maximum absolute atomic E-state index is 12.6. The fraction of sp³-hybridized carbons (Fsp3) is 0.500. The molecule has 4 rings (SSSR count). The number of carbonyl (C=O) groups is 1. The lowest BCUT2D eigenvalue weighted by Gasteiger charge is -2.32. The second-order valence-electron chi connectivity index (χ2n) is 7.29. The Morgan fingerprint density at radius 1 is 1.11 bits per heavy atom. The van der Waals surface area contributed by atoms with Gasteiger partial charge in [0.1, 0.15) is 0 Å². The fourth-order valence-corrected chi connectivity index (χ4v) is 3.73. The molecule has 144 valence electrons. The molecular weight excluding hydrogens is 342 g/mol. The summed E-state index contributed by atoms with van der Waals surface area (Å²) >= 11 is 0. The molecule has 1 aromatic heterocycles. The smallest absolute Gasteiger partial charge is 0.251 e. The van der Waals surface area contributed by atoms with Gasteiger partial charge in [0.2, 0.25) is 0 Å². The number of ether oxygens (including phenoxy) is 1. The highest BCUT2D eigenvalue weighted by atomic mass is 16.5. The van der Waals surface area contributed by atoms with Gasteiger partial charge in [-0.3, -0.25) is 9.89 Å². The Labute approximate surface area is 159 Å². The van der Waals surface area contributed by atoms with E-state index in [1.807, 2.05) is 31.2 Å². The summed E-state index contributed by atoms with van der Waals surface area (Å²) in [7, 11) is 0. The van der Waals surface area contributed by atoms with E-state index in [1.54, 1.807) is 0 Å². The Morgan fingerprint density at radius 2 is 1.81 bits per heavy atom. The molecule has 0 atom stereocenters. The quantitative estimate of drug-likeness (QED) is 0.862. The Hall–Kier alpha value is -2.54. The van der Waals surface area contributed by atoms with Crippen LogP contribution in [0.2, 0.25) is 0 Å². The van der Waals surface area contributed by atoms with E-state index in [0.29, 0.717) is 0 Å². The summed E-state index contributed by atoms with van der Waals surface area (Å²) in [5.41, 5.74) is 2.94. The van der Waals surface area contributed by atoms with Crippen LogP contribution in [0, 0.1) is 6.92 Å². The van der Waals surface area contributed by atoms with E-state index >= 15 is 0 Å². The molecular formula is C20H27N5O2. The number of nitrogens with zero attached hydrogens (tertiary/aromatic N) is 3. The number of H-pyrrole nitrogens is 1. The summed E-state index contributed by atoms with van der Waals surface area (Å²) < 4.78 is 5.39. The van der Waals surface area contributed by atoms with Crippen molar-refractivity contribution in [3.63, 3.8) is 0 Å². The van der Waals surface area contributed by atoms with Gasteiger partial charge in [0.25, 0.3) is 5.91 Å². The zero-order valence-electron chi connectivity index (χ0n) is 15.8. The third-order valence-corrected chi connectivity index (χ3v) is 5.35. The van der Waals surface area contributed by atoms with E-state index in [0.717, 1.165) is 75.0 Å². The predicted molar refractivity (Wildman–Crippen MR) is 105 cm³/mol. The molecule has 0 saturated carbocycles. The molecule has 27 heavy (non-hydrogen) atoms. The van der Waals surface area contributed by atoms with E-state index in [2.05, 4.69) is 31.4 Å². The number of anilines is 2. The van der Waals surface area contributed by atoms with Crippen molar-refractivity contribution in [2.75, 3.05) is 49.2 Å². The highest BCUT2D eigenvalue weighted by molar-refractivity contribution is 5.94. The molecule has 0 spiro atoms. The lowest BCUT2D eigenvalue weighted by atomic mass is 10.0. The Morgan fingerprint density at radius 3 is 2.44 bits per heavy atom. The van der Waals surface area contributed by atoms with Crippen LogP contribution in [0.1, 0.15) is 28.9 Å². The lowest BCUT2D eigenvalue weighted by molar-refractivity contribution is 0.0931. The average molecular weight is 369 g/mol. The zero-order valence-corrected chi connectivity index (χ0v) is 15.8. The minimum Gasteiger partial charge on any atom is -0.378 e. The molecule has 1 amide bonds. The van der Waals surface area contributed by atoms with Gasteiger partial charge in [0.05, 0.1) is 13.2 Å². The minimum absolute atomic E-state index is 0.0117. The first-order valence-corrected chi connectivity index (χ1v) is 9.69. The van der Waals surface area contributed by atoms with E-state index in [-0.39, 0.29) is 11.9 Å². The number of piperidine rings is 1. The van der Waals surface area contributed by atoms with E-state index in [4.69, 9.17) is 4.74 Å². The van der Waals surface area contributed by atoms with Crippen molar-refractivity contribution >= 4 is 17.4 Å². The van der Waals surface area contributed by atoms with E-state index < -0.39 is 0 Å². The Balaban J connectivity index is 1.29. The molecule has 0 aliphatic carbocycles. The first-order chi connectivity index (χ1) is 13.2. The van der Waals surface area contributed by atoms with Gasteiger partial charge in [-0.1, -0.05) is 0 Å². The second-order valence-corrected chi connectivity index (χ2v) is 7.29. The third-order valence-electron chi connectivity index (χ3n) is 5.35. The number of hydrogen-bond acceptors (Lipinski definition) is 5. The molecule has 0 unspecified atom stereocenters. The number of nitrogens with one attached hydrogen (secondary N) is 2. The Bertz CT molecular complexity index is 759. The van der Waals surface area contributed by atoms with Crippen LogP contribution in [0.25, 0.3) is 0 Å². The number of amides is 1. The van der Waals surface area contributed by atoms with Crippen LogP contribution in [0.5, 0.6) is 0 Å². The molecule has 2 saturated heterocycles. The first-order valence-electron chi connectivity index (χ1n) is 9.69. The number of aromatic nitrogens is 2. The molecule has 2 aromatic rings. The SMILES string of the molecule is Cc1cc(N2CCC(NC(=O)c3ccc(N4CCOCC4)cc3)CC2)n[nH]1. The van der Waals surface area contributed by atoms with Gasteiger partial charge in [-0.15, -0.1) is 0 Å². The van der Waals surface area contributed by atoms with Crippen molar-refractivity contribution in [3.05, 3.63) is 41.6 Å². The number of benzene rings is 1. The van der Waals surface area contributed by atoms with Crippen LogP contribution >= 0.6 is 0 Å². The van der Waals surface area contributed by atoms with Gasteiger partial charge in [0, 0.05) is 55.2 Å². The molecule has 2 N–H and O–H groups in total. The summed E-state index contributed by atoms with van der Waals surface area (Å²) in [5.74, 6) is 1.01. The predicted octanol–water partition coefficient (Wildman–Crippen LogP) is 1.95. The summed E-state index contributed by atoms with van der Waals surface area (Å²) in [6.07, 6.45) is 1.87. The molecule has 3 heterocycles. The number of carbonyl (C=O) groups excluding carboxylic acids is 1. The van der Waals surface area contributed by atoms with Crippen LogP contribution in [-0.2, 0) is 4.74 Å². The van der Waals surface area contributed by atoms with Crippen molar-refractivity contribution in [2.45, 2.75) is 25.8 Å². The van der Waals surface area contributed by atoms with Crippen molar-refractivity contribution < 1.29 is 9.53 Å². The summed E-state index contributed by atoms with van der Waals surface area (Å²) in [6, 6.07) is 10.2. The molecule has 0 bridgehead atoms. The molecule has 2 fully saturated rings. The Kier molecular flexibility index (Phi) is 5.29. The van der Waals surface area contributed by atoms with Crippen LogP contribution < -0.4 is 15.1 Å². The standard InChI is InChI=1S/C20H27N5O2/c1-15-14-19(23-22-15)25-8-6-17(7-9-25)21-20(26)16-2-4-18(5-3-16)24-10-12-27-13-11-24/h2-5,14,17H,6-13H2,1H3,(H,21,26)(H,22,23). The first kappa shape index (κ1) is 17.9. The van der Waals surface area contributed by atoms with Crippen LogP contribution in [-0.4, -0.2) is 61.5 Å². The van der Waals surface area contributed by atoms with E-state index in [1.165, 1.54) is 0 Å². The number of hydrogen-bond donors (Lipinski definition) is 2. The van der Waals surface area contributed by atoms with Crippen molar-refractivity contribution in [2.24, 2.45) is 0 Å². The topological polar surface area (TPSA) is 73.5 Å². The molecule has 2 aliphatic heterocycles. The molecule has 7 nitrogen and oxygen atoms in total. The summed E-state index contributed by atoms with van der Waals surface area (Å²) in [5, 5.41) is 10.5. The number of aromatic amines is 1. The van der Waals surface area contributed by atoms with Gasteiger partial charge in [-0.2, -0.15) is 5.10 Å². The maximum Gasteiger partial charge on any atom is 0.251 e. The van der Waals surface area contributed by atoms with Crippen molar-refractivity contribution in [1.29, 1.82) is 0 Å². The highest BCUT2D eigenvalue weighted by Gasteiger charge is 2.22. The zero-order chi connectivity index (χ0) is 18.6. The number of morpholine rings is 1. The molecule has 7 heteroatoms. The van der Waals surface area contributed by atoms with E-state index in [9.17, 15) is 4.79 Å². The third kappa shape index (κ3) is 4.24. The number of aryl methyl sites for hydroxylation is 1. The van der Waals surface area contributed by atoms with Gasteiger partial charge in [-0.05, 0) is 44.0 Å². The normalized spacial score (nSPS) is 18.6. The monoisotopic (exact) mass is 369 g/mol. The van der Waals surface area contributed by atoms with Crippen LogP contribution in [0.4, 0.5) is 11.5 Å². The van der Waals surface area contributed by atoms with Gasteiger partial charge < -0.3 is 19.9 Å². The largest absolute Gasteiger partial charge is 0.378 e. The van der Waals surface area contributed by atoms with Gasteiger partial charge >= 0.3 is 0 Å². The lowest BCUT2D eigenvalue weighted by Crippen LogP contribution is -2.44. The summed E-state index contributed by atoms with van der Waals surface area (Å²) in [6.45, 7) is 7.15. The highest BCUT2D eigenvalue weighted by Crippen LogP contribution is 2.20. The van der Waals surface area contributed by atoms with Crippen LogP contribution in [0.3, 0.4) is 0 Å². The van der Waals surface area contributed by atoms with Gasteiger partial charge in [0.15, 0.2) is 5.82 Å². The van der Waals surface area contributed by atoms with Crippen molar-refractivity contribution in [3.8, 4) is 0 Å². The molecule has 1 aromatic carbocycles. The van der Waals surface area contributed by atoms with Crippen LogP contribution in [0.15, 0.2) is 30.3 Å². The van der Waals surface area contributed by atoms with Gasteiger partial charge in [-0.25, -0.2) is 0 Å². The second kappa shape index (κ2) is 8.00. The average Bonchev–Trinajstić information content (AvgIpc) is 3.16. The number of rotatable bonds is 4. The minimum atomic E-state index is 0.0117. The van der Waals surface area contributed by atoms with Crippen molar-refractivity contribution in [1.82, 2.24) is 15.5 Å². The summed E-state index contributed by atoms with van der Waals surface area (Å²) in [4.78, 5) is 17.1. The molecule has 0 radical (unpaired) electrons. The fourth-order valence-electron chi connectivity index (χ4n) is 3.73.